The van der Waals surface area contributed by atoms with Gasteiger partial charge in [-0.3, -0.25) is 0 Å². The van der Waals surface area contributed by atoms with E-state index in [1.807, 2.05) is 27.7 Å². The molecule has 0 spiro atoms. The van der Waals surface area contributed by atoms with Crippen LogP contribution in [0.4, 0.5) is 5.69 Å². The van der Waals surface area contributed by atoms with Crippen LogP contribution < -0.4 is 22.9 Å². The first kappa shape index (κ1) is 17.9. The zero-order valence-electron chi connectivity index (χ0n) is 12.7. The second-order valence-corrected chi connectivity index (χ2v) is 4.70. The van der Waals surface area contributed by atoms with Crippen LogP contribution in [-0.4, -0.2) is 26.4 Å². The lowest BCUT2D eigenvalue weighted by molar-refractivity contribution is 0.245. The van der Waals surface area contributed by atoms with Crippen molar-refractivity contribution in [2.45, 2.75) is 27.7 Å². The number of hydrogen-bond acceptors (Lipinski definition) is 5. The Morgan fingerprint density at radius 1 is 0.762 bits per heavy atom. The van der Waals surface area contributed by atoms with Crippen LogP contribution in [0.15, 0.2) is 6.07 Å². The number of halogens is 2. The Labute approximate surface area is 135 Å². The first-order chi connectivity index (χ1) is 10.1. The molecule has 0 heterocycles. The van der Waals surface area contributed by atoms with E-state index in [1.54, 1.807) is 6.07 Å². The molecule has 1 rings (SSSR count). The zero-order valence-corrected chi connectivity index (χ0v) is 14.3. The Bertz CT molecular complexity index is 455. The Balaban J connectivity index is 3.52. The summed E-state index contributed by atoms with van der Waals surface area (Å²) in [5.41, 5.74) is 0.440. The molecule has 0 aromatic heterocycles. The summed E-state index contributed by atoms with van der Waals surface area (Å²) in [7, 11) is 0. The minimum Gasteiger partial charge on any atom is -0.490 e. The highest BCUT2D eigenvalue weighted by Gasteiger charge is 2.25. The van der Waals surface area contributed by atoms with Gasteiger partial charge in [-0.2, -0.15) is 3.94 Å². The molecule has 0 aliphatic rings. The van der Waals surface area contributed by atoms with Crippen molar-refractivity contribution in [1.82, 2.24) is 0 Å². The highest BCUT2D eigenvalue weighted by Crippen LogP contribution is 2.51. The predicted octanol–water partition coefficient (Wildman–Crippen LogP) is 4.40. The largest absolute Gasteiger partial charge is 0.490 e. The van der Waals surface area contributed by atoms with Gasteiger partial charge in [-0.1, -0.05) is 0 Å². The van der Waals surface area contributed by atoms with E-state index >= 15 is 0 Å². The van der Waals surface area contributed by atoms with E-state index in [9.17, 15) is 0 Å². The molecule has 0 amide bonds. The Morgan fingerprint density at radius 3 is 1.71 bits per heavy atom. The van der Waals surface area contributed by atoms with Gasteiger partial charge in [0.25, 0.3) is 0 Å². The standard InChI is InChI=1S/C14H21Cl2NO4/c1-5-18-11-9-10(17(15)16)12(19-6-2)14(21-8-4)13(11)20-7-3/h9H,5-8H2,1-4H3. The molecule has 21 heavy (non-hydrogen) atoms. The molecule has 0 aliphatic carbocycles. The van der Waals surface area contributed by atoms with Gasteiger partial charge in [-0.05, 0) is 27.7 Å². The second kappa shape index (κ2) is 8.95. The van der Waals surface area contributed by atoms with Crippen molar-refractivity contribution in [3.05, 3.63) is 6.07 Å². The maximum Gasteiger partial charge on any atom is 0.209 e. The van der Waals surface area contributed by atoms with E-state index in [2.05, 4.69) is 0 Å². The second-order valence-electron chi connectivity index (χ2n) is 3.85. The van der Waals surface area contributed by atoms with Crippen LogP contribution in [0, 0.1) is 0 Å². The van der Waals surface area contributed by atoms with Crippen molar-refractivity contribution in [3.8, 4) is 23.0 Å². The molecule has 0 unspecified atom stereocenters. The van der Waals surface area contributed by atoms with Crippen LogP contribution in [-0.2, 0) is 0 Å². The molecule has 0 N–H and O–H groups in total. The first-order valence-corrected chi connectivity index (χ1v) is 7.61. The minimum atomic E-state index is 0.427. The van der Waals surface area contributed by atoms with Gasteiger partial charge in [0.1, 0.15) is 5.69 Å². The molecule has 0 saturated heterocycles. The average Bonchev–Trinajstić information content (AvgIpc) is 2.44. The summed E-state index contributed by atoms with van der Waals surface area (Å²) in [6.45, 7) is 9.33. The lowest BCUT2D eigenvalue weighted by Gasteiger charge is -2.22. The molecule has 0 bridgehead atoms. The van der Waals surface area contributed by atoms with E-state index in [4.69, 9.17) is 42.5 Å². The smallest absolute Gasteiger partial charge is 0.209 e. The van der Waals surface area contributed by atoms with Gasteiger partial charge in [0, 0.05) is 29.6 Å². The third-order valence-corrected chi connectivity index (χ3v) is 2.85. The molecule has 0 radical (unpaired) electrons. The third-order valence-electron chi connectivity index (χ3n) is 2.48. The fourth-order valence-corrected chi connectivity index (χ4v) is 2.07. The molecule has 120 valence electrons. The van der Waals surface area contributed by atoms with Crippen LogP contribution in [0.25, 0.3) is 0 Å². The minimum absolute atomic E-state index is 0.427. The summed E-state index contributed by atoms with van der Waals surface area (Å²) < 4.78 is 23.5. The van der Waals surface area contributed by atoms with Gasteiger partial charge in [0.2, 0.25) is 11.5 Å². The van der Waals surface area contributed by atoms with E-state index in [0.717, 1.165) is 3.94 Å². The Hall–Kier alpha value is -1.20. The molecular weight excluding hydrogens is 317 g/mol. The molecule has 1 aromatic rings. The van der Waals surface area contributed by atoms with Crippen molar-refractivity contribution in [1.29, 1.82) is 0 Å². The van der Waals surface area contributed by atoms with E-state index < -0.39 is 0 Å². The van der Waals surface area contributed by atoms with Gasteiger partial charge in [-0.15, -0.1) is 0 Å². The number of rotatable bonds is 9. The SMILES string of the molecule is CCOc1cc(N(Cl)Cl)c(OCC)c(OCC)c1OCC. The van der Waals surface area contributed by atoms with Crippen LogP contribution in [0.5, 0.6) is 23.0 Å². The van der Waals surface area contributed by atoms with Crippen LogP contribution in [0.1, 0.15) is 27.7 Å². The summed E-state index contributed by atoms with van der Waals surface area (Å²) in [6, 6.07) is 1.67. The number of nitrogens with zero attached hydrogens (tertiary/aromatic N) is 1. The van der Waals surface area contributed by atoms with Gasteiger partial charge >= 0.3 is 0 Å². The fourth-order valence-electron chi connectivity index (χ4n) is 1.82. The monoisotopic (exact) mass is 337 g/mol. The Kier molecular flexibility index (Phi) is 7.61. The zero-order chi connectivity index (χ0) is 15.8. The quantitative estimate of drug-likeness (QED) is 0.624. The maximum atomic E-state index is 5.88. The van der Waals surface area contributed by atoms with Gasteiger partial charge < -0.3 is 18.9 Å². The summed E-state index contributed by atoms with van der Waals surface area (Å²) in [5, 5.41) is 0. The van der Waals surface area contributed by atoms with Crippen molar-refractivity contribution in [2.24, 2.45) is 0 Å². The van der Waals surface area contributed by atoms with Crippen molar-refractivity contribution in [3.63, 3.8) is 0 Å². The number of hydrogen-bond donors (Lipinski definition) is 0. The Morgan fingerprint density at radius 2 is 1.24 bits per heavy atom. The van der Waals surface area contributed by atoms with Gasteiger partial charge in [-0.25, -0.2) is 0 Å². The predicted molar refractivity (Wildman–Crippen MR) is 85.3 cm³/mol. The maximum absolute atomic E-state index is 5.88. The van der Waals surface area contributed by atoms with E-state index in [0.29, 0.717) is 55.1 Å². The molecule has 0 saturated carbocycles. The molecular formula is C14H21Cl2NO4. The molecule has 7 heteroatoms. The van der Waals surface area contributed by atoms with Crippen LogP contribution in [0.3, 0.4) is 0 Å². The van der Waals surface area contributed by atoms with Crippen LogP contribution in [0.2, 0.25) is 0 Å². The lowest BCUT2D eigenvalue weighted by atomic mass is 10.2. The third kappa shape index (κ3) is 4.38. The lowest BCUT2D eigenvalue weighted by Crippen LogP contribution is -2.08. The van der Waals surface area contributed by atoms with Crippen molar-refractivity contribution in [2.75, 3.05) is 30.4 Å². The molecule has 0 atom stereocenters. The van der Waals surface area contributed by atoms with Crippen LogP contribution >= 0.6 is 23.6 Å². The fraction of sp³-hybridized carbons (Fsp3) is 0.571. The summed E-state index contributed by atoms with van der Waals surface area (Å²) in [4.78, 5) is 0. The summed E-state index contributed by atoms with van der Waals surface area (Å²) in [6.07, 6.45) is 0. The van der Waals surface area contributed by atoms with E-state index in [1.165, 1.54) is 0 Å². The summed E-state index contributed by atoms with van der Waals surface area (Å²) >= 11 is 11.8. The van der Waals surface area contributed by atoms with E-state index in [-0.39, 0.29) is 0 Å². The van der Waals surface area contributed by atoms with Crippen molar-refractivity contribution < 1.29 is 18.9 Å². The molecule has 0 aliphatic heterocycles. The number of ether oxygens (including phenoxy) is 4. The highest BCUT2D eigenvalue weighted by atomic mass is 35.5. The normalized spacial score (nSPS) is 10.2. The van der Waals surface area contributed by atoms with Crippen molar-refractivity contribution >= 4 is 29.2 Å². The molecule has 1 aromatic carbocycles. The topological polar surface area (TPSA) is 40.2 Å². The molecule has 0 fully saturated rings. The van der Waals surface area contributed by atoms with Gasteiger partial charge in [0.05, 0.1) is 26.4 Å². The number of benzene rings is 1. The summed E-state index contributed by atoms with van der Waals surface area (Å²) in [5.74, 6) is 1.86. The van der Waals surface area contributed by atoms with Gasteiger partial charge in [0.15, 0.2) is 11.5 Å². The highest BCUT2D eigenvalue weighted by molar-refractivity contribution is 6.49. The average molecular weight is 338 g/mol. The molecule has 5 nitrogen and oxygen atoms in total. The number of anilines is 1. The first-order valence-electron chi connectivity index (χ1n) is 6.94.